The fourth-order valence-corrected chi connectivity index (χ4v) is 1.92. The van der Waals surface area contributed by atoms with Crippen molar-refractivity contribution < 1.29 is 8.78 Å². The monoisotopic (exact) mass is 226 g/mol. The van der Waals surface area contributed by atoms with E-state index < -0.39 is 11.6 Å². The average Bonchev–Trinajstić information content (AvgIpc) is 2.90. The predicted octanol–water partition coefficient (Wildman–Crippen LogP) is 2.06. The molecule has 1 aliphatic carbocycles. The minimum atomic E-state index is -0.811. The molecule has 0 heterocycles. The molecule has 0 radical (unpaired) electrons. The molecule has 0 unspecified atom stereocenters. The minimum Gasteiger partial charge on any atom is -0.375 e. The zero-order valence-electron chi connectivity index (χ0n) is 9.56. The lowest BCUT2D eigenvalue weighted by Gasteiger charge is -2.20. The highest BCUT2D eigenvalue weighted by Crippen LogP contribution is 2.38. The van der Waals surface area contributed by atoms with Crippen LogP contribution in [0.5, 0.6) is 0 Å². The van der Waals surface area contributed by atoms with E-state index in [4.69, 9.17) is 5.73 Å². The smallest absolute Gasteiger partial charge is 0.182 e. The Morgan fingerprint density at radius 1 is 1.31 bits per heavy atom. The van der Waals surface area contributed by atoms with Crippen molar-refractivity contribution in [3.8, 4) is 0 Å². The molecule has 0 aromatic heterocycles. The van der Waals surface area contributed by atoms with Gasteiger partial charge in [-0.05, 0) is 30.9 Å². The van der Waals surface area contributed by atoms with Crippen molar-refractivity contribution in [3.63, 3.8) is 0 Å². The van der Waals surface area contributed by atoms with Crippen LogP contribution in [-0.2, 0) is 6.42 Å². The van der Waals surface area contributed by atoms with Crippen molar-refractivity contribution in [2.24, 2.45) is 5.73 Å². The maximum absolute atomic E-state index is 13.7. The molecule has 16 heavy (non-hydrogen) atoms. The lowest BCUT2D eigenvalue weighted by atomic mass is 10.0. The Balaban J connectivity index is 2.39. The molecule has 2 rings (SSSR count). The third-order valence-corrected chi connectivity index (χ3v) is 3.03. The van der Waals surface area contributed by atoms with Gasteiger partial charge in [-0.25, -0.2) is 8.78 Å². The van der Waals surface area contributed by atoms with Crippen LogP contribution < -0.4 is 10.6 Å². The molecule has 0 amide bonds. The van der Waals surface area contributed by atoms with Gasteiger partial charge in [0.15, 0.2) is 11.6 Å². The molecule has 4 heteroatoms. The van der Waals surface area contributed by atoms with Gasteiger partial charge in [0.25, 0.3) is 0 Å². The maximum Gasteiger partial charge on any atom is 0.182 e. The largest absolute Gasteiger partial charge is 0.375 e. The molecule has 0 aliphatic heterocycles. The first-order valence-electron chi connectivity index (χ1n) is 5.36. The van der Waals surface area contributed by atoms with E-state index in [0.29, 0.717) is 12.1 Å². The van der Waals surface area contributed by atoms with Crippen molar-refractivity contribution >= 4 is 5.69 Å². The Labute approximate surface area is 94.0 Å². The quantitative estimate of drug-likeness (QED) is 0.854. The van der Waals surface area contributed by atoms with Crippen LogP contribution in [0.3, 0.4) is 0 Å². The molecule has 1 aromatic carbocycles. The van der Waals surface area contributed by atoms with Gasteiger partial charge in [0, 0.05) is 19.6 Å². The van der Waals surface area contributed by atoms with Gasteiger partial charge in [-0.3, -0.25) is 0 Å². The SMILES string of the molecule is CN(C)c1c(CC2(N)CC2)ccc(F)c1F. The van der Waals surface area contributed by atoms with Gasteiger partial charge >= 0.3 is 0 Å². The summed E-state index contributed by atoms with van der Waals surface area (Å²) < 4.78 is 26.8. The molecule has 1 fully saturated rings. The second kappa shape index (κ2) is 3.70. The summed E-state index contributed by atoms with van der Waals surface area (Å²) in [5, 5.41) is 0. The number of nitrogens with two attached hydrogens (primary N) is 1. The number of rotatable bonds is 3. The maximum atomic E-state index is 13.7. The molecule has 1 aliphatic rings. The van der Waals surface area contributed by atoms with E-state index in [2.05, 4.69) is 0 Å². The van der Waals surface area contributed by atoms with E-state index in [0.717, 1.165) is 18.4 Å². The van der Waals surface area contributed by atoms with Crippen LogP contribution in [-0.4, -0.2) is 19.6 Å². The van der Waals surface area contributed by atoms with Crippen molar-refractivity contribution in [1.29, 1.82) is 0 Å². The number of anilines is 1. The van der Waals surface area contributed by atoms with E-state index >= 15 is 0 Å². The first-order valence-corrected chi connectivity index (χ1v) is 5.36. The van der Waals surface area contributed by atoms with Gasteiger partial charge < -0.3 is 10.6 Å². The van der Waals surface area contributed by atoms with E-state index in [9.17, 15) is 8.78 Å². The number of benzene rings is 1. The van der Waals surface area contributed by atoms with Crippen LogP contribution in [0.25, 0.3) is 0 Å². The summed E-state index contributed by atoms with van der Waals surface area (Å²) in [5.41, 5.74) is 6.90. The number of halogens is 2. The molecule has 0 atom stereocenters. The Kier molecular flexibility index (Phi) is 2.62. The highest BCUT2D eigenvalue weighted by molar-refractivity contribution is 5.55. The molecule has 2 nitrogen and oxygen atoms in total. The van der Waals surface area contributed by atoms with Crippen LogP contribution in [0, 0.1) is 11.6 Å². The Morgan fingerprint density at radius 3 is 2.44 bits per heavy atom. The summed E-state index contributed by atoms with van der Waals surface area (Å²) in [5.74, 6) is -1.60. The summed E-state index contributed by atoms with van der Waals surface area (Å²) in [6.45, 7) is 0. The van der Waals surface area contributed by atoms with Crippen LogP contribution >= 0.6 is 0 Å². The number of hydrogen-bond donors (Lipinski definition) is 1. The van der Waals surface area contributed by atoms with Gasteiger partial charge in [0.1, 0.15) is 0 Å². The number of nitrogens with zero attached hydrogens (tertiary/aromatic N) is 1. The summed E-state index contributed by atoms with van der Waals surface area (Å²) in [4.78, 5) is 1.60. The minimum absolute atomic E-state index is 0.199. The number of hydrogen-bond acceptors (Lipinski definition) is 2. The lowest BCUT2D eigenvalue weighted by molar-refractivity contribution is 0.506. The van der Waals surface area contributed by atoms with Gasteiger partial charge in [-0.2, -0.15) is 0 Å². The van der Waals surface area contributed by atoms with E-state index in [1.165, 1.54) is 6.07 Å². The molecule has 0 saturated heterocycles. The molecule has 1 saturated carbocycles. The summed E-state index contributed by atoms with van der Waals surface area (Å²) in [7, 11) is 3.41. The normalized spacial score (nSPS) is 17.3. The predicted molar refractivity (Wildman–Crippen MR) is 60.5 cm³/mol. The van der Waals surface area contributed by atoms with Gasteiger partial charge in [-0.15, -0.1) is 0 Å². The zero-order chi connectivity index (χ0) is 11.9. The summed E-state index contributed by atoms with van der Waals surface area (Å²) in [6, 6.07) is 2.80. The highest BCUT2D eigenvalue weighted by Gasteiger charge is 2.39. The Hall–Kier alpha value is -1.16. The molecule has 2 N–H and O–H groups in total. The fourth-order valence-electron chi connectivity index (χ4n) is 1.92. The second-order valence-corrected chi connectivity index (χ2v) is 4.80. The van der Waals surface area contributed by atoms with Crippen molar-refractivity contribution in [2.45, 2.75) is 24.8 Å². The topological polar surface area (TPSA) is 29.3 Å². The third kappa shape index (κ3) is 2.02. The van der Waals surface area contributed by atoms with E-state index in [1.54, 1.807) is 25.1 Å². The van der Waals surface area contributed by atoms with Crippen LogP contribution in [0.15, 0.2) is 12.1 Å². The standard InChI is InChI=1S/C12H16F2N2/c1-16(2)11-8(7-12(15)5-6-12)3-4-9(13)10(11)14/h3-4H,5-7,15H2,1-2H3. The Morgan fingerprint density at radius 2 is 1.94 bits per heavy atom. The van der Waals surface area contributed by atoms with E-state index in [1.807, 2.05) is 0 Å². The molecule has 0 bridgehead atoms. The highest BCUT2D eigenvalue weighted by atomic mass is 19.2. The van der Waals surface area contributed by atoms with E-state index in [-0.39, 0.29) is 5.54 Å². The molecule has 88 valence electrons. The zero-order valence-corrected chi connectivity index (χ0v) is 9.56. The van der Waals surface area contributed by atoms with Gasteiger partial charge in [-0.1, -0.05) is 6.07 Å². The summed E-state index contributed by atoms with van der Waals surface area (Å²) >= 11 is 0. The van der Waals surface area contributed by atoms with Crippen LogP contribution in [0.2, 0.25) is 0 Å². The second-order valence-electron chi connectivity index (χ2n) is 4.80. The molecule has 0 spiro atoms. The summed E-state index contributed by atoms with van der Waals surface area (Å²) in [6.07, 6.45) is 2.52. The average molecular weight is 226 g/mol. The molecule has 1 aromatic rings. The Bertz CT molecular complexity index is 412. The van der Waals surface area contributed by atoms with Crippen molar-refractivity contribution in [1.82, 2.24) is 0 Å². The van der Waals surface area contributed by atoms with Crippen molar-refractivity contribution in [3.05, 3.63) is 29.3 Å². The van der Waals surface area contributed by atoms with Gasteiger partial charge in [0.05, 0.1) is 5.69 Å². The van der Waals surface area contributed by atoms with Gasteiger partial charge in [0.2, 0.25) is 0 Å². The third-order valence-electron chi connectivity index (χ3n) is 3.03. The first-order chi connectivity index (χ1) is 7.43. The molecular weight excluding hydrogens is 210 g/mol. The first kappa shape index (κ1) is 11.3. The lowest BCUT2D eigenvalue weighted by Crippen LogP contribution is -2.26. The fraction of sp³-hybridized carbons (Fsp3) is 0.500. The van der Waals surface area contributed by atoms with Crippen LogP contribution in [0.1, 0.15) is 18.4 Å². The van der Waals surface area contributed by atoms with Crippen molar-refractivity contribution in [2.75, 3.05) is 19.0 Å². The molecular formula is C12H16F2N2. The van der Waals surface area contributed by atoms with Crippen LogP contribution in [0.4, 0.5) is 14.5 Å².